The van der Waals surface area contributed by atoms with Crippen LogP contribution >= 0.6 is 0 Å². The van der Waals surface area contributed by atoms with Crippen LogP contribution in [0.25, 0.3) is 0 Å². The first-order valence-corrected chi connectivity index (χ1v) is 10.6. The highest BCUT2D eigenvalue weighted by Gasteiger charge is 2.61. The Morgan fingerprint density at radius 2 is 1.79 bits per heavy atom. The predicted molar refractivity (Wildman–Crippen MR) is 106 cm³/mol. The summed E-state index contributed by atoms with van der Waals surface area (Å²) in [5.41, 5.74) is 1.12. The fourth-order valence-electron chi connectivity index (χ4n) is 6.76. The van der Waals surface area contributed by atoms with Crippen LogP contribution in [0.2, 0.25) is 0 Å². The molecular weight excluding hydrogens is 354 g/mol. The van der Waals surface area contributed by atoms with Crippen LogP contribution in [0.1, 0.15) is 57.4 Å². The third-order valence-electron chi connectivity index (χ3n) is 7.48. The monoisotopic (exact) mass is 385 g/mol. The van der Waals surface area contributed by atoms with Gasteiger partial charge in [0, 0.05) is 13.1 Å². The molecule has 0 radical (unpaired) electrons. The first-order valence-electron chi connectivity index (χ1n) is 10.6. The van der Waals surface area contributed by atoms with E-state index in [0.717, 1.165) is 25.0 Å². The molecule has 0 saturated heterocycles. The molecule has 0 aromatic heterocycles. The fraction of sp³-hybridized carbons (Fsp3) is 0.652. The maximum Gasteiger partial charge on any atom is 0.305 e. The number of nitrogens with zero attached hydrogens (tertiary/aromatic N) is 1. The van der Waals surface area contributed by atoms with Crippen molar-refractivity contribution in [3.05, 3.63) is 29.8 Å². The summed E-state index contributed by atoms with van der Waals surface area (Å²) in [5, 5.41) is 9.06. The lowest BCUT2D eigenvalue weighted by atomic mass is 9.42. The van der Waals surface area contributed by atoms with Gasteiger partial charge in [-0.15, -0.1) is 0 Å². The van der Waals surface area contributed by atoms with E-state index < -0.39 is 5.97 Å². The topological polar surface area (TPSA) is 66.8 Å². The first kappa shape index (κ1) is 19.3. The molecule has 4 fully saturated rings. The number of hydrogen-bond acceptors (Lipinski definition) is 3. The van der Waals surface area contributed by atoms with E-state index in [1.54, 1.807) is 12.0 Å². The summed E-state index contributed by atoms with van der Waals surface area (Å²) in [5.74, 6) is 1.43. The normalized spacial score (nSPS) is 32.9. The minimum absolute atomic E-state index is 0.0200. The van der Waals surface area contributed by atoms with E-state index in [2.05, 4.69) is 12.1 Å². The molecule has 2 unspecified atom stereocenters. The number of ether oxygens (including phenoxy) is 1. The van der Waals surface area contributed by atoms with Gasteiger partial charge in [-0.2, -0.15) is 0 Å². The molecule has 28 heavy (non-hydrogen) atoms. The Morgan fingerprint density at radius 3 is 2.32 bits per heavy atom. The van der Waals surface area contributed by atoms with Crippen LogP contribution in [0.3, 0.4) is 0 Å². The average Bonchev–Trinajstić information content (AvgIpc) is 2.67. The van der Waals surface area contributed by atoms with Crippen LogP contribution in [-0.4, -0.2) is 42.1 Å². The Hall–Kier alpha value is -2.04. The number of carboxylic acid groups (broad SMARTS) is 1. The molecule has 0 spiro atoms. The number of benzene rings is 1. The fourth-order valence-corrected chi connectivity index (χ4v) is 6.76. The van der Waals surface area contributed by atoms with Crippen molar-refractivity contribution in [2.75, 3.05) is 20.2 Å². The van der Waals surface area contributed by atoms with Crippen LogP contribution in [0, 0.1) is 17.3 Å². The second kappa shape index (κ2) is 7.09. The molecule has 5 heteroatoms. The number of aliphatic carboxylic acids is 1. The van der Waals surface area contributed by atoms with E-state index in [9.17, 15) is 9.59 Å². The van der Waals surface area contributed by atoms with E-state index in [4.69, 9.17) is 9.84 Å². The Labute approximate surface area is 167 Å². The van der Waals surface area contributed by atoms with Crippen molar-refractivity contribution in [1.29, 1.82) is 0 Å². The van der Waals surface area contributed by atoms with Gasteiger partial charge in [-0.05, 0) is 80.4 Å². The molecule has 4 aliphatic rings. The van der Waals surface area contributed by atoms with Gasteiger partial charge in [-0.1, -0.05) is 12.1 Å². The number of carbonyl (C=O) groups excluding carboxylic acids is 1. The highest BCUT2D eigenvalue weighted by Crippen LogP contribution is 2.66. The molecule has 0 heterocycles. The Balaban J connectivity index is 1.63. The minimum atomic E-state index is -0.841. The predicted octanol–water partition coefficient (Wildman–Crippen LogP) is 3.86. The number of methoxy groups -OCH3 is 1. The number of carbonyl (C=O) groups is 2. The van der Waals surface area contributed by atoms with Crippen molar-refractivity contribution in [3.63, 3.8) is 0 Å². The lowest BCUT2D eigenvalue weighted by Crippen LogP contribution is -2.59. The highest BCUT2D eigenvalue weighted by molar-refractivity contribution is 5.84. The van der Waals surface area contributed by atoms with E-state index in [1.165, 1.54) is 24.8 Å². The third kappa shape index (κ3) is 3.19. The molecular formula is C23H31NO4. The van der Waals surface area contributed by atoms with Gasteiger partial charge >= 0.3 is 5.97 Å². The molecule has 5 nitrogen and oxygen atoms in total. The summed E-state index contributed by atoms with van der Waals surface area (Å²) >= 11 is 0. The third-order valence-corrected chi connectivity index (χ3v) is 7.48. The summed E-state index contributed by atoms with van der Waals surface area (Å²) in [6.45, 7) is 2.86. The van der Waals surface area contributed by atoms with E-state index >= 15 is 0 Å². The quantitative estimate of drug-likeness (QED) is 0.774. The standard InChI is InChI=1S/C23H31NO4/c1-3-24(9-8-20(25)26)21(27)23-13-16-10-17(14-23)12-22(11-16,15-23)18-4-6-19(28-2)7-5-18/h4-7,16-17H,3,8-15H2,1-2H3,(H,25,26). The van der Waals surface area contributed by atoms with Crippen LogP contribution < -0.4 is 4.74 Å². The minimum Gasteiger partial charge on any atom is -0.497 e. The average molecular weight is 386 g/mol. The zero-order valence-corrected chi connectivity index (χ0v) is 16.9. The largest absolute Gasteiger partial charge is 0.497 e. The van der Waals surface area contributed by atoms with Crippen LogP contribution in [0.4, 0.5) is 0 Å². The van der Waals surface area contributed by atoms with E-state index in [1.807, 2.05) is 19.1 Å². The maximum atomic E-state index is 13.6. The SMILES string of the molecule is CCN(CCC(=O)O)C(=O)C12CC3CC(C1)CC(c1ccc(OC)cc1)(C3)C2. The molecule has 5 rings (SSSR count). The van der Waals surface area contributed by atoms with Crippen LogP contribution in [0.5, 0.6) is 5.75 Å². The van der Waals surface area contributed by atoms with Crippen LogP contribution in [-0.2, 0) is 15.0 Å². The van der Waals surface area contributed by atoms with Crippen molar-refractivity contribution in [3.8, 4) is 5.75 Å². The molecule has 1 N–H and O–H groups in total. The van der Waals surface area contributed by atoms with Crippen molar-refractivity contribution in [1.82, 2.24) is 4.90 Å². The molecule has 0 aliphatic heterocycles. The smallest absolute Gasteiger partial charge is 0.305 e. The Bertz CT molecular complexity index is 742. The summed E-state index contributed by atoms with van der Waals surface area (Å²) < 4.78 is 5.33. The summed E-state index contributed by atoms with van der Waals surface area (Å²) in [6, 6.07) is 8.44. The summed E-state index contributed by atoms with van der Waals surface area (Å²) in [4.78, 5) is 26.5. The van der Waals surface area contributed by atoms with Crippen LogP contribution in [0.15, 0.2) is 24.3 Å². The van der Waals surface area contributed by atoms with Gasteiger partial charge in [0.2, 0.25) is 5.91 Å². The lowest BCUT2D eigenvalue weighted by Gasteiger charge is -2.62. The lowest BCUT2D eigenvalue weighted by molar-refractivity contribution is -0.160. The first-order chi connectivity index (χ1) is 13.4. The van der Waals surface area contributed by atoms with Gasteiger partial charge in [0.1, 0.15) is 5.75 Å². The Kier molecular flexibility index (Phi) is 4.88. The zero-order chi connectivity index (χ0) is 19.9. The van der Waals surface area contributed by atoms with Gasteiger partial charge in [0.05, 0.1) is 18.9 Å². The van der Waals surface area contributed by atoms with E-state index in [0.29, 0.717) is 24.9 Å². The molecule has 4 aliphatic carbocycles. The van der Waals surface area contributed by atoms with E-state index in [-0.39, 0.29) is 23.2 Å². The van der Waals surface area contributed by atoms with Crippen molar-refractivity contribution in [2.24, 2.45) is 17.3 Å². The summed E-state index contributed by atoms with van der Waals surface area (Å²) in [7, 11) is 1.68. The van der Waals surface area contributed by atoms with Crippen molar-refractivity contribution < 1.29 is 19.4 Å². The van der Waals surface area contributed by atoms with Gasteiger partial charge in [0.15, 0.2) is 0 Å². The Morgan fingerprint density at radius 1 is 1.14 bits per heavy atom. The van der Waals surface area contributed by atoms with Gasteiger partial charge < -0.3 is 14.7 Å². The molecule has 4 bridgehead atoms. The van der Waals surface area contributed by atoms with Gasteiger partial charge in [0.25, 0.3) is 0 Å². The number of rotatable bonds is 7. The van der Waals surface area contributed by atoms with Crippen molar-refractivity contribution >= 4 is 11.9 Å². The number of carboxylic acids is 1. The number of amides is 1. The molecule has 152 valence electrons. The highest BCUT2D eigenvalue weighted by atomic mass is 16.5. The summed E-state index contributed by atoms with van der Waals surface area (Å²) in [6.07, 6.45) is 6.47. The molecule has 1 amide bonds. The molecule has 1 aromatic carbocycles. The van der Waals surface area contributed by atoms with Gasteiger partial charge in [-0.3, -0.25) is 9.59 Å². The second-order valence-electron chi connectivity index (χ2n) is 9.28. The molecule has 1 aromatic rings. The zero-order valence-electron chi connectivity index (χ0n) is 16.9. The molecule has 4 saturated carbocycles. The molecule has 2 atom stereocenters. The van der Waals surface area contributed by atoms with Crippen molar-refractivity contribution in [2.45, 2.75) is 57.3 Å². The maximum absolute atomic E-state index is 13.6. The van der Waals surface area contributed by atoms with Gasteiger partial charge in [-0.25, -0.2) is 0 Å². The second-order valence-corrected chi connectivity index (χ2v) is 9.28. The number of hydrogen-bond donors (Lipinski definition) is 1.